The number of rotatable bonds is 7. The molecule has 0 aliphatic heterocycles. The number of unbranched alkanes of at least 4 members (excludes halogenated alkanes) is 1. The number of carbonyl (C=O) groups is 1. The van der Waals surface area contributed by atoms with Gasteiger partial charge in [-0.2, -0.15) is 4.98 Å². The molecule has 0 radical (unpaired) electrons. The van der Waals surface area contributed by atoms with Crippen LogP contribution in [0, 0.1) is 0 Å². The average molecular weight is 276 g/mol. The van der Waals surface area contributed by atoms with Gasteiger partial charge in [0.2, 0.25) is 0 Å². The summed E-state index contributed by atoms with van der Waals surface area (Å²) in [6, 6.07) is 6.16. The molecule has 0 fully saturated rings. The Morgan fingerprint density at radius 3 is 2.75 bits per heavy atom. The number of hydrogen-bond acceptors (Lipinski definition) is 5. The van der Waals surface area contributed by atoms with Gasteiger partial charge in [0.15, 0.2) is 12.4 Å². The highest BCUT2D eigenvalue weighted by atomic mass is 16.5. The van der Waals surface area contributed by atoms with Crippen LogP contribution in [0.15, 0.2) is 28.8 Å². The van der Waals surface area contributed by atoms with Gasteiger partial charge in [0.25, 0.3) is 5.89 Å². The predicted octanol–water partition coefficient (Wildman–Crippen LogP) is 2.69. The van der Waals surface area contributed by atoms with Crippen molar-refractivity contribution in [2.45, 2.75) is 32.8 Å². The van der Waals surface area contributed by atoms with Crippen molar-refractivity contribution in [2.75, 3.05) is 0 Å². The highest BCUT2D eigenvalue weighted by Crippen LogP contribution is 2.14. The van der Waals surface area contributed by atoms with Gasteiger partial charge in [0.1, 0.15) is 5.75 Å². The lowest BCUT2D eigenvalue weighted by atomic mass is 10.2. The number of benzene rings is 1. The zero-order chi connectivity index (χ0) is 14.4. The molecule has 0 saturated heterocycles. The second-order valence-corrected chi connectivity index (χ2v) is 4.33. The van der Waals surface area contributed by atoms with Gasteiger partial charge < -0.3 is 14.4 Å². The minimum atomic E-state index is -0.964. The summed E-state index contributed by atoms with van der Waals surface area (Å²) >= 11 is 0. The number of aryl methyl sites for hydroxylation is 1. The lowest BCUT2D eigenvalue weighted by molar-refractivity contribution is 0.0697. The molecule has 20 heavy (non-hydrogen) atoms. The molecule has 0 aliphatic carbocycles. The van der Waals surface area contributed by atoms with E-state index in [1.54, 1.807) is 12.1 Å². The molecule has 0 atom stereocenters. The van der Waals surface area contributed by atoms with E-state index < -0.39 is 5.97 Å². The first-order valence-corrected chi connectivity index (χ1v) is 6.46. The van der Waals surface area contributed by atoms with Crippen LogP contribution in [0.2, 0.25) is 0 Å². The minimum absolute atomic E-state index is 0.172. The summed E-state index contributed by atoms with van der Waals surface area (Å²) in [4.78, 5) is 14.9. The molecule has 0 amide bonds. The average Bonchev–Trinajstić information content (AvgIpc) is 2.91. The third-order valence-corrected chi connectivity index (χ3v) is 2.73. The van der Waals surface area contributed by atoms with E-state index >= 15 is 0 Å². The zero-order valence-corrected chi connectivity index (χ0v) is 11.2. The summed E-state index contributed by atoms with van der Waals surface area (Å²) < 4.78 is 10.5. The fourth-order valence-corrected chi connectivity index (χ4v) is 1.62. The third-order valence-electron chi connectivity index (χ3n) is 2.73. The van der Waals surface area contributed by atoms with Crippen LogP contribution in [0.25, 0.3) is 0 Å². The van der Waals surface area contributed by atoms with Crippen molar-refractivity contribution in [1.82, 2.24) is 10.1 Å². The Kier molecular flexibility index (Phi) is 4.70. The van der Waals surface area contributed by atoms with Crippen molar-refractivity contribution in [3.05, 3.63) is 41.5 Å². The second-order valence-electron chi connectivity index (χ2n) is 4.33. The molecule has 1 aromatic carbocycles. The van der Waals surface area contributed by atoms with Crippen molar-refractivity contribution >= 4 is 5.97 Å². The maximum absolute atomic E-state index is 10.7. The summed E-state index contributed by atoms with van der Waals surface area (Å²) in [5, 5.41) is 12.6. The highest BCUT2D eigenvalue weighted by Gasteiger charge is 2.07. The first kappa shape index (κ1) is 14.0. The van der Waals surface area contributed by atoms with E-state index in [-0.39, 0.29) is 12.2 Å². The van der Waals surface area contributed by atoms with Gasteiger partial charge in [-0.15, -0.1) is 0 Å². The van der Waals surface area contributed by atoms with Crippen molar-refractivity contribution in [3.63, 3.8) is 0 Å². The zero-order valence-electron chi connectivity index (χ0n) is 11.2. The van der Waals surface area contributed by atoms with Crippen LogP contribution in [0.1, 0.15) is 41.8 Å². The number of carboxylic acid groups (broad SMARTS) is 1. The normalized spacial score (nSPS) is 10.4. The minimum Gasteiger partial charge on any atom is -0.484 e. The van der Waals surface area contributed by atoms with Gasteiger partial charge in [-0.05, 0) is 30.7 Å². The van der Waals surface area contributed by atoms with Gasteiger partial charge in [-0.3, -0.25) is 0 Å². The molecule has 6 nitrogen and oxygen atoms in total. The summed E-state index contributed by atoms with van der Waals surface area (Å²) in [5.74, 6) is 0.697. The number of ether oxygens (including phenoxy) is 1. The first-order chi connectivity index (χ1) is 9.69. The Morgan fingerprint density at radius 1 is 1.35 bits per heavy atom. The Balaban J connectivity index is 1.88. The molecular weight excluding hydrogens is 260 g/mol. The molecule has 6 heteroatoms. The quantitative estimate of drug-likeness (QED) is 0.836. The summed E-state index contributed by atoms with van der Waals surface area (Å²) in [6.45, 7) is 2.27. The first-order valence-electron chi connectivity index (χ1n) is 6.46. The van der Waals surface area contributed by atoms with Crippen LogP contribution < -0.4 is 4.74 Å². The maximum atomic E-state index is 10.7. The molecule has 2 rings (SSSR count). The molecule has 0 spiro atoms. The van der Waals surface area contributed by atoms with Gasteiger partial charge in [0.05, 0.1) is 5.56 Å². The van der Waals surface area contributed by atoms with Crippen molar-refractivity contribution in [3.8, 4) is 5.75 Å². The van der Waals surface area contributed by atoms with E-state index in [4.69, 9.17) is 14.4 Å². The summed E-state index contributed by atoms with van der Waals surface area (Å²) in [7, 11) is 0. The van der Waals surface area contributed by atoms with Crippen LogP contribution in [0.4, 0.5) is 0 Å². The Morgan fingerprint density at radius 2 is 2.10 bits per heavy atom. The number of aromatic carboxylic acids is 1. The molecule has 0 aliphatic rings. The third kappa shape index (κ3) is 3.81. The van der Waals surface area contributed by atoms with Crippen molar-refractivity contribution in [1.29, 1.82) is 0 Å². The van der Waals surface area contributed by atoms with E-state index in [0.29, 0.717) is 17.5 Å². The number of hydrogen-bond donors (Lipinski definition) is 1. The molecule has 1 N–H and O–H groups in total. The maximum Gasteiger partial charge on any atom is 0.335 e. The van der Waals surface area contributed by atoms with Crippen LogP contribution in [-0.2, 0) is 13.0 Å². The standard InChI is InChI=1S/C14H16N2O4/c1-2-3-4-12-15-13(20-16-12)9-19-11-7-5-10(6-8-11)14(17)18/h5-8H,2-4,9H2,1H3,(H,17,18). The summed E-state index contributed by atoms with van der Waals surface area (Å²) in [5.41, 5.74) is 0.219. The fourth-order valence-electron chi connectivity index (χ4n) is 1.62. The molecule has 1 heterocycles. The number of carboxylic acids is 1. The SMILES string of the molecule is CCCCc1noc(COc2ccc(C(=O)O)cc2)n1. The number of nitrogens with zero attached hydrogens (tertiary/aromatic N) is 2. The molecule has 1 aromatic heterocycles. The monoisotopic (exact) mass is 276 g/mol. The second kappa shape index (κ2) is 6.70. The topological polar surface area (TPSA) is 85.5 Å². The fraction of sp³-hybridized carbons (Fsp3) is 0.357. The van der Waals surface area contributed by atoms with Gasteiger partial charge in [-0.25, -0.2) is 4.79 Å². The predicted molar refractivity (Wildman–Crippen MR) is 70.6 cm³/mol. The molecule has 2 aromatic rings. The van der Waals surface area contributed by atoms with E-state index in [1.165, 1.54) is 12.1 Å². The van der Waals surface area contributed by atoms with E-state index in [1.807, 2.05) is 0 Å². The van der Waals surface area contributed by atoms with Gasteiger partial charge in [0, 0.05) is 6.42 Å². The van der Waals surface area contributed by atoms with Crippen LogP contribution in [-0.4, -0.2) is 21.2 Å². The molecule has 106 valence electrons. The summed E-state index contributed by atoms with van der Waals surface area (Å²) in [6.07, 6.45) is 2.90. The van der Waals surface area contributed by atoms with Crippen LogP contribution in [0.5, 0.6) is 5.75 Å². The lowest BCUT2D eigenvalue weighted by Gasteiger charge is -2.02. The van der Waals surface area contributed by atoms with Gasteiger partial charge >= 0.3 is 5.97 Å². The smallest absolute Gasteiger partial charge is 0.335 e. The van der Waals surface area contributed by atoms with Gasteiger partial charge in [-0.1, -0.05) is 18.5 Å². The Labute approximate surface area is 116 Å². The van der Waals surface area contributed by atoms with E-state index in [9.17, 15) is 4.79 Å². The highest BCUT2D eigenvalue weighted by molar-refractivity contribution is 5.87. The van der Waals surface area contributed by atoms with Crippen LogP contribution >= 0.6 is 0 Å². The van der Waals surface area contributed by atoms with Crippen molar-refractivity contribution < 1.29 is 19.2 Å². The lowest BCUT2D eigenvalue weighted by Crippen LogP contribution is -1.98. The van der Waals surface area contributed by atoms with Crippen LogP contribution in [0.3, 0.4) is 0 Å². The molecule has 0 saturated carbocycles. The largest absolute Gasteiger partial charge is 0.484 e. The Bertz CT molecular complexity index is 563. The Hall–Kier alpha value is -2.37. The van der Waals surface area contributed by atoms with E-state index in [2.05, 4.69) is 17.1 Å². The van der Waals surface area contributed by atoms with E-state index in [0.717, 1.165) is 19.3 Å². The van der Waals surface area contributed by atoms with Crippen molar-refractivity contribution in [2.24, 2.45) is 0 Å². The molecule has 0 bridgehead atoms. The molecular formula is C14H16N2O4. The number of aromatic nitrogens is 2. The molecule has 0 unspecified atom stereocenters.